The number of rotatable bonds is 24. The summed E-state index contributed by atoms with van der Waals surface area (Å²) in [5.41, 5.74) is 8.21. The lowest BCUT2D eigenvalue weighted by Gasteiger charge is -2.35. The molecule has 2 atom stereocenters. The van der Waals surface area contributed by atoms with Crippen molar-refractivity contribution < 1.29 is 47.4 Å². The predicted molar refractivity (Wildman–Crippen MR) is 311 cm³/mol. The first kappa shape index (κ1) is 53.1. The molecule has 0 aliphatic carbocycles. The zero-order valence-corrected chi connectivity index (χ0v) is 44.6. The zero-order valence-electron chi connectivity index (χ0n) is 44.6. The molecule has 0 fully saturated rings. The van der Waals surface area contributed by atoms with E-state index in [4.69, 9.17) is 42.6 Å². The van der Waals surface area contributed by atoms with Crippen molar-refractivity contribution in [2.45, 2.75) is 64.9 Å². The van der Waals surface area contributed by atoms with E-state index < -0.39 is 18.2 Å². The Kier molecular flexibility index (Phi) is 17.4. The van der Waals surface area contributed by atoms with Crippen LogP contribution in [0.25, 0.3) is 0 Å². The van der Waals surface area contributed by atoms with E-state index >= 15 is 4.79 Å². The van der Waals surface area contributed by atoms with E-state index in [1.54, 1.807) is 12.1 Å². The normalized spacial score (nSPS) is 13.4. The lowest BCUT2D eigenvalue weighted by atomic mass is 9.93. The third kappa shape index (κ3) is 14.2. The molecule has 0 bridgehead atoms. The van der Waals surface area contributed by atoms with E-state index in [9.17, 15) is 0 Å². The van der Waals surface area contributed by atoms with Crippen molar-refractivity contribution in [2.75, 3.05) is 0 Å². The van der Waals surface area contributed by atoms with Gasteiger partial charge in [0.15, 0.2) is 29.1 Å². The van der Waals surface area contributed by atoms with Crippen molar-refractivity contribution in [1.82, 2.24) is 0 Å². The van der Waals surface area contributed by atoms with E-state index in [1.165, 1.54) is 0 Å². The molecule has 0 saturated heterocycles. The summed E-state index contributed by atoms with van der Waals surface area (Å²) in [4.78, 5) is 15.3. The van der Waals surface area contributed by atoms with E-state index in [1.807, 2.05) is 243 Å². The molecule has 0 amide bonds. The molecule has 1 heterocycles. The minimum absolute atomic E-state index is 0.176. The van der Waals surface area contributed by atoms with Crippen molar-refractivity contribution in [2.24, 2.45) is 0 Å². The van der Waals surface area contributed by atoms with E-state index in [0.717, 1.165) is 44.5 Å². The van der Waals surface area contributed by atoms with Crippen molar-refractivity contribution in [1.29, 1.82) is 0 Å². The summed E-state index contributed by atoms with van der Waals surface area (Å²) < 4.78 is 60.5. The van der Waals surface area contributed by atoms with Gasteiger partial charge in [0, 0.05) is 17.5 Å². The van der Waals surface area contributed by atoms with Crippen LogP contribution in [-0.2, 0) is 57.4 Å². The molecule has 404 valence electrons. The monoisotopic (exact) mass is 1070 g/mol. The second-order valence-electron chi connectivity index (χ2n) is 19.5. The van der Waals surface area contributed by atoms with Crippen molar-refractivity contribution in [3.63, 3.8) is 0 Å². The molecule has 0 spiro atoms. The predicted octanol–water partition coefficient (Wildman–Crippen LogP) is 15.6. The highest BCUT2D eigenvalue weighted by atomic mass is 16.6. The number of fused-ring (bicyclic) bond motifs is 1. The first-order valence-electron chi connectivity index (χ1n) is 27.1. The highest BCUT2D eigenvalue weighted by molar-refractivity contribution is 5.91. The minimum Gasteiger partial charge on any atom is -0.488 e. The van der Waals surface area contributed by atoms with Gasteiger partial charge in [0.05, 0.1) is 5.56 Å². The number of hydrogen-bond acceptors (Lipinski definition) is 10. The summed E-state index contributed by atoms with van der Waals surface area (Å²) in [6.07, 6.45) is -1.62. The van der Waals surface area contributed by atoms with Gasteiger partial charge in [-0.15, -0.1) is 0 Å². The Morgan fingerprint density at radius 1 is 0.346 bits per heavy atom. The maximum absolute atomic E-state index is 15.3. The van der Waals surface area contributed by atoms with Crippen LogP contribution in [-0.4, -0.2) is 12.1 Å². The number of hydrogen-bond donors (Lipinski definition) is 0. The van der Waals surface area contributed by atoms with E-state index in [0.29, 0.717) is 58.2 Å². The number of carbonyl (C=O) groups excluding carboxylic acids is 1. The van der Waals surface area contributed by atoms with Gasteiger partial charge in [-0.05, 0) is 75.3 Å². The molecule has 81 heavy (non-hydrogen) atoms. The van der Waals surface area contributed by atoms with Crippen LogP contribution in [0.5, 0.6) is 46.0 Å². The Bertz CT molecular complexity index is 3460. The molecule has 10 aromatic rings. The Balaban J connectivity index is 1.00. The third-order valence-corrected chi connectivity index (χ3v) is 13.6. The van der Waals surface area contributed by atoms with Crippen LogP contribution in [0.4, 0.5) is 0 Å². The summed E-state index contributed by atoms with van der Waals surface area (Å²) in [5, 5.41) is 0. The Labute approximate surface area is 472 Å². The van der Waals surface area contributed by atoms with Gasteiger partial charge in [0.2, 0.25) is 11.5 Å². The Morgan fingerprint density at radius 2 is 0.654 bits per heavy atom. The second kappa shape index (κ2) is 26.6. The molecule has 0 aromatic heterocycles. The molecule has 0 radical (unpaired) electrons. The van der Waals surface area contributed by atoms with Crippen molar-refractivity contribution >= 4 is 5.97 Å². The second-order valence-corrected chi connectivity index (χ2v) is 19.5. The maximum Gasteiger partial charge on any atom is 0.338 e. The van der Waals surface area contributed by atoms with Gasteiger partial charge >= 0.3 is 5.97 Å². The Hall–Kier alpha value is -9.93. The van der Waals surface area contributed by atoms with Gasteiger partial charge in [-0.25, -0.2) is 4.79 Å². The number of ether oxygens (including phenoxy) is 9. The quantitative estimate of drug-likeness (QED) is 0.0544. The van der Waals surface area contributed by atoms with Crippen LogP contribution in [0.3, 0.4) is 0 Å². The number of benzene rings is 10. The standard InChI is InChI=1S/C71H60O10/c72-71(59-41-65(76-47-54-29-14-4-15-30-54)70(79-50-57-35-20-7-21-36-57)66(42-59)77-48-55-31-16-5-17-32-55)81-67-43-60-61(73-44-51-23-8-1-9-24-51)37-22-38-62(60)80-68(67)58-39-63(74-45-52-25-10-2-11-26-52)69(78-49-56-33-18-6-19-34-56)64(40-58)75-46-53-27-12-3-13-28-53/h1-42,67-68H,43-50H2/t67-,68+/m1/s1. The van der Waals surface area contributed by atoms with E-state index in [-0.39, 0.29) is 51.6 Å². The molecule has 1 aliphatic rings. The molecular weight excluding hydrogens is 1010 g/mol. The SMILES string of the molecule is O=C(O[C@@H]1Cc2c(OCc3ccccc3)cccc2O[C@H]1c1cc(OCc2ccccc2)c(OCc2ccccc2)c(OCc2ccccc2)c1)c1cc(OCc2ccccc2)c(OCc2ccccc2)c(OCc2ccccc2)c1. The molecule has 0 unspecified atom stereocenters. The van der Waals surface area contributed by atoms with Gasteiger partial charge in [-0.3, -0.25) is 0 Å². The fourth-order valence-electron chi connectivity index (χ4n) is 9.41. The smallest absolute Gasteiger partial charge is 0.338 e. The minimum atomic E-state index is -0.942. The summed E-state index contributed by atoms with van der Waals surface area (Å²) >= 11 is 0. The molecule has 1 aliphatic heterocycles. The van der Waals surface area contributed by atoms with Gasteiger partial charge < -0.3 is 42.6 Å². The average molecular weight is 1070 g/mol. The topological polar surface area (TPSA) is 100 Å². The molecular formula is C71H60O10. The summed E-state index contributed by atoms with van der Waals surface area (Å²) in [6.45, 7) is 1.61. The van der Waals surface area contributed by atoms with Gasteiger partial charge in [0.25, 0.3) is 0 Å². The number of esters is 1. The number of carbonyl (C=O) groups is 1. The molecule has 10 heteroatoms. The van der Waals surface area contributed by atoms with Crippen LogP contribution in [0.1, 0.15) is 66.5 Å². The van der Waals surface area contributed by atoms with E-state index in [2.05, 4.69) is 0 Å². The maximum atomic E-state index is 15.3. The van der Waals surface area contributed by atoms with Crippen molar-refractivity contribution in [3.8, 4) is 46.0 Å². The summed E-state index contributed by atoms with van der Waals surface area (Å²) in [7, 11) is 0. The van der Waals surface area contributed by atoms with Crippen LogP contribution >= 0.6 is 0 Å². The fraction of sp³-hybridized carbons (Fsp3) is 0.141. The summed E-state index contributed by atoms with van der Waals surface area (Å²) in [5.74, 6) is 2.73. The lowest BCUT2D eigenvalue weighted by Crippen LogP contribution is -2.35. The fourth-order valence-corrected chi connectivity index (χ4v) is 9.41. The molecule has 10 nitrogen and oxygen atoms in total. The zero-order chi connectivity index (χ0) is 54.8. The molecule has 0 saturated carbocycles. The van der Waals surface area contributed by atoms with Crippen molar-refractivity contribution in [3.05, 3.63) is 310 Å². The third-order valence-electron chi connectivity index (χ3n) is 13.6. The first-order chi connectivity index (χ1) is 40.0. The highest BCUT2D eigenvalue weighted by Crippen LogP contribution is 2.48. The molecule has 10 aromatic carbocycles. The van der Waals surface area contributed by atoms with Crippen LogP contribution < -0.4 is 37.9 Å². The molecule has 0 N–H and O–H groups in total. The van der Waals surface area contributed by atoms with Gasteiger partial charge in [0.1, 0.15) is 63.9 Å². The largest absolute Gasteiger partial charge is 0.488 e. The Morgan fingerprint density at radius 3 is 1.00 bits per heavy atom. The van der Waals surface area contributed by atoms with Crippen LogP contribution in [0.15, 0.2) is 255 Å². The lowest BCUT2D eigenvalue weighted by molar-refractivity contribution is -0.0190. The molecule has 11 rings (SSSR count). The highest BCUT2D eigenvalue weighted by Gasteiger charge is 2.38. The van der Waals surface area contributed by atoms with Crippen LogP contribution in [0.2, 0.25) is 0 Å². The van der Waals surface area contributed by atoms with Crippen LogP contribution in [0, 0.1) is 0 Å². The van der Waals surface area contributed by atoms with Gasteiger partial charge in [-0.2, -0.15) is 0 Å². The first-order valence-corrected chi connectivity index (χ1v) is 27.1. The van der Waals surface area contributed by atoms with Gasteiger partial charge in [-0.1, -0.05) is 218 Å². The summed E-state index contributed by atoms with van der Waals surface area (Å²) in [6, 6.07) is 82.1. The average Bonchev–Trinajstić information content (AvgIpc) is 3.59.